The van der Waals surface area contributed by atoms with E-state index < -0.39 is 7.35 Å². The van der Waals surface area contributed by atoms with Crippen molar-refractivity contribution < 1.29 is 4.89 Å². The third-order valence-electron chi connectivity index (χ3n) is 2.78. The Bertz CT molecular complexity index is 379. The lowest BCUT2D eigenvalue weighted by molar-refractivity contribution is 0.645. The van der Waals surface area contributed by atoms with Crippen LogP contribution in [0.1, 0.15) is 36.6 Å². The third-order valence-corrected chi connectivity index (χ3v) is 8.62. The summed E-state index contributed by atoms with van der Waals surface area (Å²) in [6.07, 6.45) is 3.18. The van der Waals surface area contributed by atoms with Crippen LogP contribution in [0.15, 0.2) is 24.3 Å². The molecule has 0 amide bonds. The zero-order valence-corrected chi connectivity index (χ0v) is 15.6. The van der Waals surface area contributed by atoms with Gasteiger partial charge in [-0.05, 0) is 45.7 Å². The van der Waals surface area contributed by atoms with Gasteiger partial charge in [-0.15, -0.1) is 11.4 Å². The van der Waals surface area contributed by atoms with E-state index in [0.717, 1.165) is 0 Å². The van der Waals surface area contributed by atoms with E-state index in [9.17, 15) is 0 Å². The van der Waals surface area contributed by atoms with Crippen LogP contribution in [0.25, 0.3) is 0 Å². The predicted octanol–water partition coefficient (Wildman–Crippen LogP) is 5.88. The molecular formula is C14H23OPS3. The summed E-state index contributed by atoms with van der Waals surface area (Å²) in [7, 11) is 3.37. The number of hydrogen-bond acceptors (Lipinski definition) is 4. The first-order chi connectivity index (χ1) is 8.84. The lowest BCUT2D eigenvalue weighted by Gasteiger charge is -2.14. The normalized spacial score (nSPS) is 22.5. The minimum atomic E-state index is -0.682. The van der Waals surface area contributed by atoms with E-state index in [1.54, 1.807) is 6.66 Å². The van der Waals surface area contributed by atoms with Gasteiger partial charge in [0.1, 0.15) is 0 Å². The molecule has 1 aromatic rings. The molecular weight excluding hydrogens is 311 g/mol. The van der Waals surface area contributed by atoms with E-state index in [-0.39, 0.29) is 0 Å². The fourth-order valence-corrected chi connectivity index (χ4v) is 5.00. The van der Waals surface area contributed by atoms with Crippen LogP contribution < -0.4 is 0 Å². The molecule has 1 saturated heterocycles. The van der Waals surface area contributed by atoms with Crippen LogP contribution in [0.3, 0.4) is 0 Å². The first-order valence-electron chi connectivity index (χ1n) is 6.22. The summed E-state index contributed by atoms with van der Waals surface area (Å²) in [5.74, 6) is 0. The van der Waals surface area contributed by atoms with E-state index in [1.165, 1.54) is 28.9 Å². The van der Waals surface area contributed by atoms with Gasteiger partial charge in [0.15, 0.2) is 0 Å². The largest absolute Gasteiger partial charge is 0.363 e. The number of rotatable bonds is 2. The first-order valence-corrected chi connectivity index (χ1v) is 12.0. The summed E-state index contributed by atoms with van der Waals surface area (Å²) in [5.41, 5.74) is 2.84. The van der Waals surface area contributed by atoms with E-state index in [4.69, 9.17) is 4.89 Å². The molecule has 1 fully saturated rings. The zero-order valence-electron chi connectivity index (χ0n) is 12.2. The lowest BCUT2D eigenvalue weighted by Crippen LogP contribution is -2.09. The van der Waals surface area contributed by atoms with Crippen molar-refractivity contribution in [3.8, 4) is 0 Å². The molecule has 1 aromatic carbocycles. The maximum Gasteiger partial charge on any atom is 0.0813 e. The molecule has 108 valence electrons. The Kier molecular flexibility index (Phi) is 7.63. The second-order valence-corrected chi connectivity index (χ2v) is 12.3. The van der Waals surface area contributed by atoms with Gasteiger partial charge in [-0.1, -0.05) is 51.4 Å². The van der Waals surface area contributed by atoms with Crippen LogP contribution in [-0.2, 0) is 0 Å². The van der Waals surface area contributed by atoms with Gasteiger partial charge < -0.3 is 4.89 Å². The fraction of sp³-hybridized carbons (Fsp3) is 0.571. The molecule has 0 aliphatic carbocycles. The average molecular weight is 335 g/mol. The highest BCUT2D eigenvalue weighted by Crippen LogP contribution is 2.57. The van der Waals surface area contributed by atoms with Crippen LogP contribution in [0, 0.1) is 6.92 Å². The Hall–Kier alpha value is 0.660. The maximum atomic E-state index is 8.39. The molecule has 5 heteroatoms. The minimum Gasteiger partial charge on any atom is -0.363 e. The van der Waals surface area contributed by atoms with Crippen molar-refractivity contribution >= 4 is 40.3 Å². The molecule has 0 aromatic heterocycles. The van der Waals surface area contributed by atoms with Crippen molar-refractivity contribution in [3.05, 3.63) is 35.4 Å². The fourth-order valence-electron chi connectivity index (χ4n) is 1.66. The molecule has 19 heavy (non-hydrogen) atoms. The van der Waals surface area contributed by atoms with Crippen molar-refractivity contribution in [1.82, 2.24) is 0 Å². The highest BCUT2D eigenvalue weighted by atomic mass is 33.1. The average Bonchev–Trinajstić information content (AvgIpc) is 2.71. The molecule has 1 aliphatic heterocycles. The van der Waals surface area contributed by atoms with Crippen molar-refractivity contribution in [2.45, 2.75) is 37.2 Å². The monoisotopic (exact) mass is 334 g/mol. The van der Waals surface area contributed by atoms with Crippen LogP contribution in [-0.4, -0.2) is 22.6 Å². The highest BCUT2D eigenvalue weighted by Gasteiger charge is 2.33. The zero-order chi connectivity index (χ0) is 14.5. The molecule has 0 saturated carbocycles. The maximum absolute atomic E-state index is 8.39. The van der Waals surface area contributed by atoms with Gasteiger partial charge in [0.2, 0.25) is 0 Å². The lowest BCUT2D eigenvalue weighted by atomic mass is 10.0. The topological polar surface area (TPSA) is 20.2 Å². The van der Waals surface area contributed by atoms with Gasteiger partial charge in [0.05, 0.1) is 7.35 Å². The number of benzene rings is 1. The van der Waals surface area contributed by atoms with Crippen LogP contribution in [0.5, 0.6) is 0 Å². The van der Waals surface area contributed by atoms with Gasteiger partial charge in [-0.25, -0.2) is 0 Å². The molecule has 1 unspecified atom stereocenters. The van der Waals surface area contributed by atoms with Crippen molar-refractivity contribution in [2.24, 2.45) is 0 Å². The third kappa shape index (κ3) is 6.77. The molecule has 1 N–H and O–H groups in total. The van der Waals surface area contributed by atoms with Crippen LogP contribution >= 0.6 is 40.3 Å². The van der Waals surface area contributed by atoms with Crippen molar-refractivity contribution in [1.29, 1.82) is 0 Å². The summed E-state index contributed by atoms with van der Waals surface area (Å²) in [5, 5.41) is 0.690. The van der Waals surface area contributed by atoms with Gasteiger partial charge in [-0.3, -0.25) is 0 Å². The van der Waals surface area contributed by atoms with E-state index in [0.29, 0.717) is 10.00 Å². The number of aryl methyl sites for hydroxylation is 1. The highest BCUT2D eigenvalue weighted by molar-refractivity contribution is 8.77. The second-order valence-electron chi connectivity index (χ2n) is 5.19. The van der Waals surface area contributed by atoms with Crippen molar-refractivity contribution in [3.63, 3.8) is 0 Å². The SMILES string of the molecule is CSP(C)O.Cc1ccc([C@H]2CC(C)(C)SS2)cc1. The van der Waals surface area contributed by atoms with E-state index in [1.807, 2.05) is 27.8 Å². The molecule has 2 atom stereocenters. The molecule has 0 radical (unpaired) electrons. The Labute approximate surface area is 130 Å². The van der Waals surface area contributed by atoms with Gasteiger partial charge in [0.25, 0.3) is 0 Å². The van der Waals surface area contributed by atoms with Crippen LogP contribution in [0.2, 0.25) is 0 Å². The summed E-state index contributed by atoms with van der Waals surface area (Å²) >= 11 is 1.50. The summed E-state index contributed by atoms with van der Waals surface area (Å²) < 4.78 is 0.445. The standard InChI is InChI=1S/C12H16S2.C2H7OPS/c1-9-4-6-10(7-5-9)11-8-12(2,3)14-13-11;1-4(3)5-2/h4-7,11H,8H2,1-3H3;3H,1-2H3/t11-;/m1./s1. The quantitative estimate of drug-likeness (QED) is 0.538. The Morgan fingerprint density at radius 1 is 1.32 bits per heavy atom. The van der Waals surface area contributed by atoms with E-state index in [2.05, 4.69) is 45.0 Å². The molecule has 2 rings (SSSR count). The molecule has 0 bridgehead atoms. The first kappa shape index (κ1) is 17.7. The van der Waals surface area contributed by atoms with Gasteiger partial charge >= 0.3 is 0 Å². The summed E-state index contributed by atoms with van der Waals surface area (Å²) in [6.45, 7) is 8.61. The summed E-state index contributed by atoms with van der Waals surface area (Å²) in [4.78, 5) is 8.39. The second kappa shape index (κ2) is 8.19. The molecule has 1 aliphatic rings. The minimum absolute atomic E-state index is 0.445. The van der Waals surface area contributed by atoms with Crippen molar-refractivity contribution in [2.75, 3.05) is 12.9 Å². The Balaban J connectivity index is 0.000000312. The molecule has 1 nitrogen and oxygen atoms in total. The Morgan fingerprint density at radius 2 is 1.84 bits per heavy atom. The Morgan fingerprint density at radius 3 is 2.21 bits per heavy atom. The van der Waals surface area contributed by atoms with Gasteiger partial charge in [0, 0.05) is 10.00 Å². The van der Waals surface area contributed by atoms with Crippen LogP contribution in [0.4, 0.5) is 0 Å². The van der Waals surface area contributed by atoms with Gasteiger partial charge in [-0.2, -0.15) is 0 Å². The summed E-state index contributed by atoms with van der Waals surface area (Å²) in [6, 6.07) is 8.97. The van der Waals surface area contributed by atoms with E-state index >= 15 is 0 Å². The molecule has 1 heterocycles. The predicted molar refractivity (Wildman–Crippen MR) is 96.4 cm³/mol. The number of hydrogen-bond donors (Lipinski definition) is 1. The molecule has 0 spiro atoms. The smallest absolute Gasteiger partial charge is 0.0813 e.